The Morgan fingerprint density at radius 3 is 2.72 bits per heavy atom. The summed E-state index contributed by atoms with van der Waals surface area (Å²) in [6.45, 7) is 1.38. The molecule has 2 aromatic rings. The molecule has 5 nitrogen and oxygen atoms in total. The Morgan fingerprint density at radius 2 is 2.00 bits per heavy atom. The molecule has 0 saturated heterocycles. The van der Waals surface area contributed by atoms with Crippen molar-refractivity contribution in [3.05, 3.63) is 36.2 Å². The van der Waals surface area contributed by atoms with Gasteiger partial charge in [-0.05, 0) is 49.8 Å². The van der Waals surface area contributed by atoms with E-state index in [-0.39, 0.29) is 5.91 Å². The Hall–Kier alpha value is -2.17. The monoisotopic (exact) mass is 338 g/mol. The standard InChI is InChI=1S/C20H26N4O/c25-20(13-15-5-1-2-6-15)22-11-12-24-19(16-8-9-16)14-18(23-24)17-7-3-4-10-21-17/h3-4,7,10,14-16H,1-2,5-6,8-9,11-13H2,(H,22,25). The predicted octanol–water partition coefficient (Wildman–Crippen LogP) is 3.52. The molecule has 25 heavy (non-hydrogen) atoms. The summed E-state index contributed by atoms with van der Waals surface area (Å²) in [5, 5.41) is 7.82. The lowest BCUT2D eigenvalue weighted by Gasteiger charge is -2.11. The van der Waals surface area contributed by atoms with E-state index in [9.17, 15) is 4.79 Å². The highest BCUT2D eigenvalue weighted by atomic mass is 16.1. The zero-order valence-corrected chi connectivity index (χ0v) is 14.7. The van der Waals surface area contributed by atoms with Crippen molar-refractivity contribution in [1.82, 2.24) is 20.1 Å². The van der Waals surface area contributed by atoms with Gasteiger partial charge < -0.3 is 5.32 Å². The van der Waals surface area contributed by atoms with Crippen LogP contribution in [0.2, 0.25) is 0 Å². The minimum Gasteiger partial charge on any atom is -0.354 e. The Labute approximate surface area is 148 Å². The van der Waals surface area contributed by atoms with Crippen LogP contribution in [0.4, 0.5) is 0 Å². The van der Waals surface area contributed by atoms with E-state index in [1.807, 2.05) is 18.2 Å². The van der Waals surface area contributed by atoms with E-state index in [4.69, 9.17) is 5.10 Å². The third-order valence-electron chi connectivity index (χ3n) is 5.33. The number of nitrogens with zero attached hydrogens (tertiary/aromatic N) is 3. The minimum atomic E-state index is 0.192. The van der Waals surface area contributed by atoms with Crippen molar-refractivity contribution in [2.45, 2.75) is 57.4 Å². The fourth-order valence-corrected chi connectivity index (χ4v) is 3.81. The fraction of sp³-hybridized carbons (Fsp3) is 0.550. The van der Waals surface area contributed by atoms with Gasteiger partial charge in [0.2, 0.25) is 5.91 Å². The van der Waals surface area contributed by atoms with Crippen molar-refractivity contribution < 1.29 is 4.79 Å². The second-order valence-electron chi connectivity index (χ2n) is 7.37. The van der Waals surface area contributed by atoms with E-state index in [0.29, 0.717) is 24.8 Å². The van der Waals surface area contributed by atoms with Crippen molar-refractivity contribution >= 4 is 5.91 Å². The van der Waals surface area contributed by atoms with Gasteiger partial charge in [-0.15, -0.1) is 0 Å². The smallest absolute Gasteiger partial charge is 0.220 e. The fourth-order valence-electron chi connectivity index (χ4n) is 3.81. The number of carbonyl (C=O) groups excluding carboxylic acids is 1. The molecule has 0 aromatic carbocycles. The van der Waals surface area contributed by atoms with Crippen LogP contribution in [-0.4, -0.2) is 27.2 Å². The molecule has 0 bridgehead atoms. The van der Waals surface area contributed by atoms with Crippen LogP contribution >= 0.6 is 0 Å². The summed E-state index contributed by atoms with van der Waals surface area (Å²) in [5.41, 5.74) is 3.12. The van der Waals surface area contributed by atoms with Crippen LogP contribution in [0.3, 0.4) is 0 Å². The topological polar surface area (TPSA) is 59.8 Å². The van der Waals surface area contributed by atoms with E-state index in [0.717, 1.165) is 17.9 Å². The summed E-state index contributed by atoms with van der Waals surface area (Å²) in [6.07, 6.45) is 9.96. The molecule has 132 valence electrons. The van der Waals surface area contributed by atoms with Crippen LogP contribution in [-0.2, 0) is 11.3 Å². The molecule has 2 fully saturated rings. The van der Waals surface area contributed by atoms with Gasteiger partial charge in [-0.2, -0.15) is 5.10 Å². The van der Waals surface area contributed by atoms with Gasteiger partial charge in [0, 0.05) is 30.8 Å². The third-order valence-corrected chi connectivity index (χ3v) is 5.33. The average molecular weight is 338 g/mol. The molecule has 0 aliphatic heterocycles. The van der Waals surface area contributed by atoms with Crippen LogP contribution in [0, 0.1) is 5.92 Å². The zero-order valence-electron chi connectivity index (χ0n) is 14.7. The Bertz CT molecular complexity index is 715. The second-order valence-corrected chi connectivity index (χ2v) is 7.37. The summed E-state index contributed by atoms with van der Waals surface area (Å²) in [4.78, 5) is 16.5. The molecule has 1 amide bonds. The first-order valence-corrected chi connectivity index (χ1v) is 9.55. The predicted molar refractivity (Wildman–Crippen MR) is 97.0 cm³/mol. The highest BCUT2D eigenvalue weighted by Crippen LogP contribution is 2.41. The molecule has 1 N–H and O–H groups in total. The molecule has 2 aliphatic rings. The number of amides is 1. The van der Waals surface area contributed by atoms with Gasteiger partial charge in [0.25, 0.3) is 0 Å². The Kier molecular flexibility index (Phi) is 4.81. The summed E-state index contributed by atoms with van der Waals surface area (Å²) in [7, 11) is 0. The highest BCUT2D eigenvalue weighted by Gasteiger charge is 2.28. The maximum absolute atomic E-state index is 12.1. The van der Waals surface area contributed by atoms with Crippen LogP contribution < -0.4 is 5.32 Å². The van der Waals surface area contributed by atoms with Gasteiger partial charge >= 0.3 is 0 Å². The first kappa shape index (κ1) is 16.3. The van der Waals surface area contributed by atoms with E-state index >= 15 is 0 Å². The van der Waals surface area contributed by atoms with E-state index in [1.165, 1.54) is 44.2 Å². The number of pyridine rings is 1. The van der Waals surface area contributed by atoms with Crippen LogP contribution in [0.25, 0.3) is 11.4 Å². The van der Waals surface area contributed by atoms with Crippen LogP contribution in [0.1, 0.15) is 56.6 Å². The summed E-state index contributed by atoms with van der Waals surface area (Å²) >= 11 is 0. The molecule has 4 rings (SSSR count). The molecule has 2 aromatic heterocycles. The molecule has 0 spiro atoms. The first-order valence-electron chi connectivity index (χ1n) is 9.55. The molecule has 2 aliphatic carbocycles. The Morgan fingerprint density at radius 1 is 1.16 bits per heavy atom. The zero-order chi connectivity index (χ0) is 17.1. The van der Waals surface area contributed by atoms with Gasteiger partial charge in [0.15, 0.2) is 0 Å². The SMILES string of the molecule is O=C(CC1CCCC1)NCCn1nc(-c2ccccn2)cc1C1CC1. The maximum Gasteiger partial charge on any atom is 0.220 e. The molecular weight excluding hydrogens is 312 g/mol. The van der Waals surface area contributed by atoms with Crippen molar-refractivity contribution in [2.75, 3.05) is 6.54 Å². The summed E-state index contributed by atoms with van der Waals surface area (Å²) in [6, 6.07) is 8.07. The summed E-state index contributed by atoms with van der Waals surface area (Å²) < 4.78 is 2.07. The normalized spacial score (nSPS) is 17.8. The quantitative estimate of drug-likeness (QED) is 0.840. The maximum atomic E-state index is 12.1. The van der Waals surface area contributed by atoms with Gasteiger partial charge in [-0.3, -0.25) is 14.5 Å². The third kappa shape index (κ3) is 4.09. The molecule has 5 heteroatoms. The molecule has 0 radical (unpaired) electrons. The van der Waals surface area contributed by atoms with Gasteiger partial charge in [-0.25, -0.2) is 0 Å². The van der Waals surface area contributed by atoms with E-state index in [1.54, 1.807) is 6.20 Å². The average Bonchev–Trinajstić information content (AvgIpc) is 3.18. The van der Waals surface area contributed by atoms with Crippen molar-refractivity contribution in [3.8, 4) is 11.4 Å². The number of aromatic nitrogens is 3. The highest BCUT2D eigenvalue weighted by molar-refractivity contribution is 5.76. The molecule has 0 atom stereocenters. The van der Waals surface area contributed by atoms with Gasteiger partial charge in [0.1, 0.15) is 5.69 Å². The number of nitrogens with one attached hydrogen (secondary N) is 1. The number of carbonyl (C=O) groups is 1. The molecule has 2 heterocycles. The van der Waals surface area contributed by atoms with Crippen molar-refractivity contribution in [2.24, 2.45) is 5.92 Å². The number of rotatable bonds is 7. The van der Waals surface area contributed by atoms with Crippen LogP contribution in [0.15, 0.2) is 30.5 Å². The van der Waals surface area contributed by atoms with Gasteiger partial charge in [0.05, 0.1) is 12.2 Å². The molecule has 2 saturated carbocycles. The number of hydrogen-bond acceptors (Lipinski definition) is 3. The number of hydrogen-bond donors (Lipinski definition) is 1. The molecule has 0 unspecified atom stereocenters. The Balaban J connectivity index is 1.36. The summed E-state index contributed by atoms with van der Waals surface area (Å²) in [5.74, 6) is 1.42. The molecular formula is C20H26N4O. The lowest BCUT2D eigenvalue weighted by Crippen LogP contribution is -2.29. The first-order chi connectivity index (χ1) is 12.3. The minimum absolute atomic E-state index is 0.192. The lowest BCUT2D eigenvalue weighted by molar-refractivity contribution is -0.122. The van der Waals surface area contributed by atoms with Crippen molar-refractivity contribution in [1.29, 1.82) is 0 Å². The van der Waals surface area contributed by atoms with E-state index in [2.05, 4.69) is 21.0 Å². The lowest BCUT2D eigenvalue weighted by atomic mass is 10.0. The van der Waals surface area contributed by atoms with E-state index < -0.39 is 0 Å². The van der Waals surface area contributed by atoms with Crippen LogP contribution in [0.5, 0.6) is 0 Å². The largest absolute Gasteiger partial charge is 0.354 e. The second kappa shape index (κ2) is 7.38. The van der Waals surface area contributed by atoms with Gasteiger partial charge in [-0.1, -0.05) is 18.9 Å². The van der Waals surface area contributed by atoms with Crippen molar-refractivity contribution in [3.63, 3.8) is 0 Å².